The Bertz CT molecular complexity index is 245. The van der Waals surface area contributed by atoms with E-state index < -0.39 is 0 Å². The molecular formula is C13H24ClNO. The first-order chi connectivity index (χ1) is 7.32. The van der Waals surface area contributed by atoms with Crippen LogP contribution < -0.4 is 0 Å². The molecule has 0 aliphatic carbocycles. The molecule has 0 saturated carbocycles. The van der Waals surface area contributed by atoms with Crippen LogP contribution in [0.2, 0.25) is 0 Å². The highest BCUT2D eigenvalue weighted by molar-refractivity contribution is 6.30. The summed E-state index contributed by atoms with van der Waals surface area (Å²) in [6.07, 6.45) is 3.44. The Hall–Kier alpha value is -0.240. The van der Waals surface area contributed by atoms with Gasteiger partial charge in [-0.1, -0.05) is 20.8 Å². The maximum Gasteiger partial charge on any atom is 0.240 e. The van der Waals surface area contributed by atoms with Gasteiger partial charge in [-0.25, -0.2) is 0 Å². The molecule has 1 saturated heterocycles. The normalized spacial score (nSPS) is 25.1. The number of rotatable bonds is 1. The fourth-order valence-corrected chi connectivity index (χ4v) is 2.57. The van der Waals surface area contributed by atoms with Crippen LogP contribution >= 0.6 is 11.6 Å². The lowest BCUT2D eigenvalue weighted by Gasteiger charge is -2.29. The monoisotopic (exact) mass is 245 g/mol. The van der Waals surface area contributed by atoms with Crippen molar-refractivity contribution in [3.8, 4) is 0 Å². The van der Waals surface area contributed by atoms with Gasteiger partial charge in [-0.2, -0.15) is 0 Å². The van der Waals surface area contributed by atoms with Crippen molar-refractivity contribution < 1.29 is 4.79 Å². The summed E-state index contributed by atoms with van der Waals surface area (Å²) < 4.78 is 0. The van der Waals surface area contributed by atoms with E-state index in [-0.39, 0.29) is 11.3 Å². The van der Waals surface area contributed by atoms with E-state index >= 15 is 0 Å². The van der Waals surface area contributed by atoms with Crippen molar-refractivity contribution >= 4 is 17.5 Å². The van der Waals surface area contributed by atoms with E-state index in [1.54, 1.807) is 6.92 Å². The van der Waals surface area contributed by atoms with Gasteiger partial charge in [0.1, 0.15) is 5.38 Å². The van der Waals surface area contributed by atoms with Crippen LogP contribution in [0.15, 0.2) is 0 Å². The van der Waals surface area contributed by atoms with E-state index in [4.69, 9.17) is 11.6 Å². The van der Waals surface area contributed by atoms with Gasteiger partial charge in [-0.15, -0.1) is 11.6 Å². The van der Waals surface area contributed by atoms with Crippen LogP contribution in [0.5, 0.6) is 0 Å². The van der Waals surface area contributed by atoms with Crippen molar-refractivity contribution in [2.24, 2.45) is 11.3 Å². The van der Waals surface area contributed by atoms with Gasteiger partial charge in [-0.3, -0.25) is 4.79 Å². The molecule has 2 unspecified atom stereocenters. The SMILES string of the molecule is CC(Cl)C(=O)N1CCCC(C(C)(C)C)CC1. The van der Waals surface area contributed by atoms with Gasteiger partial charge >= 0.3 is 0 Å². The van der Waals surface area contributed by atoms with Crippen molar-refractivity contribution in [2.45, 2.75) is 52.3 Å². The first kappa shape index (κ1) is 13.8. The number of likely N-dealkylation sites (tertiary alicyclic amines) is 1. The molecule has 1 fully saturated rings. The van der Waals surface area contributed by atoms with E-state index in [1.165, 1.54) is 6.42 Å². The highest BCUT2D eigenvalue weighted by atomic mass is 35.5. The minimum absolute atomic E-state index is 0.0937. The van der Waals surface area contributed by atoms with Crippen LogP contribution in [-0.4, -0.2) is 29.3 Å². The van der Waals surface area contributed by atoms with Crippen molar-refractivity contribution in [1.82, 2.24) is 4.90 Å². The molecule has 0 bridgehead atoms. The Morgan fingerprint density at radius 2 is 1.94 bits per heavy atom. The average Bonchev–Trinajstić information content (AvgIpc) is 2.40. The average molecular weight is 246 g/mol. The maximum absolute atomic E-state index is 11.8. The molecule has 1 aliphatic rings. The summed E-state index contributed by atoms with van der Waals surface area (Å²) >= 11 is 5.85. The highest BCUT2D eigenvalue weighted by Gasteiger charge is 2.29. The van der Waals surface area contributed by atoms with Crippen LogP contribution in [0.25, 0.3) is 0 Å². The fraction of sp³-hybridized carbons (Fsp3) is 0.923. The number of carbonyl (C=O) groups excluding carboxylic acids is 1. The number of carbonyl (C=O) groups is 1. The molecular weight excluding hydrogens is 222 g/mol. The van der Waals surface area contributed by atoms with Gasteiger partial charge in [0.05, 0.1) is 0 Å². The lowest BCUT2D eigenvalue weighted by atomic mass is 9.77. The number of hydrogen-bond donors (Lipinski definition) is 0. The zero-order valence-corrected chi connectivity index (χ0v) is 11.7. The van der Waals surface area contributed by atoms with Gasteiger partial charge in [0.15, 0.2) is 0 Å². The molecule has 1 heterocycles. The van der Waals surface area contributed by atoms with Crippen LogP contribution in [-0.2, 0) is 4.79 Å². The Morgan fingerprint density at radius 3 is 2.44 bits per heavy atom. The lowest BCUT2D eigenvalue weighted by molar-refractivity contribution is -0.130. The van der Waals surface area contributed by atoms with E-state index in [0.717, 1.165) is 31.8 Å². The zero-order valence-electron chi connectivity index (χ0n) is 10.9. The van der Waals surface area contributed by atoms with E-state index in [1.807, 2.05) is 4.90 Å². The molecule has 0 aromatic carbocycles. The second kappa shape index (κ2) is 5.39. The summed E-state index contributed by atoms with van der Waals surface area (Å²) in [4.78, 5) is 13.7. The van der Waals surface area contributed by atoms with E-state index in [9.17, 15) is 4.79 Å². The lowest BCUT2D eigenvalue weighted by Crippen LogP contribution is -2.36. The second-order valence-electron chi connectivity index (χ2n) is 5.94. The van der Waals surface area contributed by atoms with Crippen LogP contribution in [0.1, 0.15) is 47.0 Å². The van der Waals surface area contributed by atoms with E-state index in [2.05, 4.69) is 20.8 Å². The molecule has 1 aliphatic heterocycles. The third-order valence-corrected chi connectivity index (χ3v) is 3.79. The summed E-state index contributed by atoms with van der Waals surface area (Å²) in [5.74, 6) is 0.812. The van der Waals surface area contributed by atoms with Gasteiger partial charge in [0.25, 0.3) is 0 Å². The quantitative estimate of drug-likeness (QED) is 0.650. The van der Waals surface area contributed by atoms with Crippen LogP contribution in [0.3, 0.4) is 0 Å². The number of amides is 1. The Kier molecular flexibility index (Phi) is 4.66. The van der Waals surface area contributed by atoms with Crippen LogP contribution in [0, 0.1) is 11.3 Å². The number of nitrogens with zero attached hydrogens (tertiary/aromatic N) is 1. The molecule has 0 aromatic rings. The molecule has 0 spiro atoms. The predicted molar refractivity (Wildman–Crippen MR) is 68.7 cm³/mol. The third kappa shape index (κ3) is 3.65. The summed E-state index contributed by atoms with van der Waals surface area (Å²) in [5, 5.41) is -0.383. The number of halogens is 1. The van der Waals surface area contributed by atoms with E-state index in [0.29, 0.717) is 5.41 Å². The smallest absolute Gasteiger partial charge is 0.240 e. The van der Waals surface area contributed by atoms with Crippen molar-refractivity contribution in [3.05, 3.63) is 0 Å². The minimum Gasteiger partial charge on any atom is -0.341 e. The van der Waals surface area contributed by atoms with Gasteiger partial charge in [-0.05, 0) is 37.5 Å². The molecule has 3 heteroatoms. The van der Waals surface area contributed by atoms with Crippen molar-refractivity contribution in [3.63, 3.8) is 0 Å². The summed E-state index contributed by atoms with van der Waals surface area (Å²) in [7, 11) is 0. The fourth-order valence-electron chi connectivity index (χ4n) is 2.43. The highest BCUT2D eigenvalue weighted by Crippen LogP contribution is 2.34. The van der Waals surface area contributed by atoms with Crippen LogP contribution in [0.4, 0.5) is 0 Å². The van der Waals surface area contributed by atoms with Crippen molar-refractivity contribution in [1.29, 1.82) is 0 Å². The molecule has 1 rings (SSSR count). The Labute approximate surface area is 104 Å². The Morgan fingerprint density at radius 1 is 1.31 bits per heavy atom. The zero-order chi connectivity index (χ0) is 12.3. The molecule has 0 N–H and O–H groups in total. The van der Waals surface area contributed by atoms with Gasteiger partial charge < -0.3 is 4.90 Å². The summed E-state index contributed by atoms with van der Waals surface area (Å²) in [5.41, 5.74) is 0.353. The second-order valence-corrected chi connectivity index (χ2v) is 6.59. The van der Waals surface area contributed by atoms with Gasteiger partial charge in [0.2, 0.25) is 5.91 Å². The molecule has 2 atom stereocenters. The number of hydrogen-bond acceptors (Lipinski definition) is 1. The predicted octanol–water partition coefficient (Wildman–Crippen LogP) is 3.29. The molecule has 2 nitrogen and oxygen atoms in total. The van der Waals surface area contributed by atoms with Gasteiger partial charge in [0, 0.05) is 13.1 Å². The third-order valence-electron chi connectivity index (χ3n) is 3.60. The first-order valence-corrected chi connectivity index (χ1v) is 6.69. The largest absolute Gasteiger partial charge is 0.341 e. The molecule has 16 heavy (non-hydrogen) atoms. The summed E-state index contributed by atoms with van der Waals surface area (Å²) in [6.45, 7) is 10.4. The maximum atomic E-state index is 11.8. The minimum atomic E-state index is -0.383. The molecule has 0 radical (unpaired) electrons. The van der Waals surface area contributed by atoms with Crippen molar-refractivity contribution in [2.75, 3.05) is 13.1 Å². The number of alkyl halides is 1. The summed E-state index contributed by atoms with van der Waals surface area (Å²) in [6, 6.07) is 0. The standard InChI is InChI=1S/C13H24ClNO/c1-10(14)12(16)15-8-5-6-11(7-9-15)13(2,3)4/h10-11H,5-9H2,1-4H3. The Balaban J connectivity index is 2.56. The first-order valence-electron chi connectivity index (χ1n) is 6.25. The molecule has 0 aromatic heterocycles. The topological polar surface area (TPSA) is 20.3 Å². The molecule has 94 valence electrons. The molecule has 1 amide bonds.